The lowest BCUT2D eigenvalue weighted by Gasteiger charge is -2.39. The molecule has 1 aliphatic rings. The minimum Gasteiger partial charge on any atom is -0.493 e. The summed E-state index contributed by atoms with van der Waals surface area (Å²) in [6, 6.07) is 0.215. The lowest BCUT2D eigenvalue weighted by molar-refractivity contribution is 0.191. The van der Waals surface area contributed by atoms with Gasteiger partial charge in [-0.25, -0.2) is 0 Å². The molecule has 1 heterocycles. The highest BCUT2D eigenvalue weighted by atomic mass is 16.5. The van der Waals surface area contributed by atoms with Gasteiger partial charge < -0.3 is 10.5 Å². The van der Waals surface area contributed by atoms with Gasteiger partial charge in [-0.05, 0) is 24.7 Å². The van der Waals surface area contributed by atoms with Crippen molar-refractivity contribution in [1.82, 2.24) is 9.78 Å². The monoisotopic (exact) mass is 237 g/mol. The third-order valence-corrected chi connectivity index (χ3v) is 3.96. The Kier molecular flexibility index (Phi) is 3.17. The average molecular weight is 237 g/mol. The van der Waals surface area contributed by atoms with Crippen molar-refractivity contribution < 1.29 is 4.74 Å². The number of rotatable bonds is 2. The number of aryl methyl sites for hydroxylation is 1. The van der Waals surface area contributed by atoms with Gasteiger partial charge in [0.1, 0.15) is 0 Å². The van der Waals surface area contributed by atoms with Gasteiger partial charge in [-0.1, -0.05) is 13.8 Å². The molecule has 17 heavy (non-hydrogen) atoms. The molecule has 96 valence electrons. The molecule has 2 unspecified atom stereocenters. The van der Waals surface area contributed by atoms with Crippen LogP contribution in [0.3, 0.4) is 0 Å². The van der Waals surface area contributed by atoms with Gasteiger partial charge >= 0.3 is 0 Å². The smallest absolute Gasteiger partial charge is 0.160 e. The predicted molar refractivity (Wildman–Crippen MR) is 68.1 cm³/mol. The maximum Gasteiger partial charge on any atom is 0.160 e. The molecule has 2 atom stereocenters. The van der Waals surface area contributed by atoms with Crippen molar-refractivity contribution in [2.24, 2.45) is 18.2 Å². The summed E-state index contributed by atoms with van der Waals surface area (Å²) in [4.78, 5) is 0. The van der Waals surface area contributed by atoms with Gasteiger partial charge in [-0.15, -0.1) is 0 Å². The summed E-state index contributed by atoms with van der Waals surface area (Å²) >= 11 is 0. The lowest BCUT2D eigenvalue weighted by Crippen LogP contribution is -2.38. The summed E-state index contributed by atoms with van der Waals surface area (Å²) in [5.74, 6) is 1.21. The summed E-state index contributed by atoms with van der Waals surface area (Å²) in [5.41, 5.74) is 7.79. The number of ether oxygens (including phenoxy) is 1. The average Bonchev–Trinajstić information content (AvgIpc) is 2.63. The molecule has 0 aromatic carbocycles. The van der Waals surface area contributed by atoms with Crippen LogP contribution in [0.2, 0.25) is 0 Å². The fourth-order valence-electron chi connectivity index (χ4n) is 2.91. The molecule has 1 aromatic heterocycles. The molecular formula is C13H23N3O. The first-order valence-corrected chi connectivity index (χ1v) is 6.26. The largest absolute Gasteiger partial charge is 0.493 e. The maximum absolute atomic E-state index is 6.29. The minimum atomic E-state index is 0.215. The molecule has 0 radical (unpaired) electrons. The summed E-state index contributed by atoms with van der Waals surface area (Å²) in [6.07, 6.45) is 5.16. The molecule has 4 nitrogen and oxygen atoms in total. The zero-order chi connectivity index (χ0) is 12.6. The van der Waals surface area contributed by atoms with E-state index < -0.39 is 0 Å². The van der Waals surface area contributed by atoms with Crippen LogP contribution in [0.5, 0.6) is 5.75 Å². The summed E-state index contributed by atoms with van der Waals surface area (Å²) in [7, 11) is 3.66. The molecule has 1 aromatic rings. The van der Waals surface area contributed by atoms with Gasteiger partial charge in [0, 0.05) is 19.0 Å². The van der Waals surface area contributed by atoms with E-state index in [0.29, 0.717) is 11.3 Å². The zero-order valence-corrected chi connectivity index (χ0v) is 11.2. The van der Waals surface area contributed by atoms with Crippen LogP contribution >= 0.6 is 0 Å². The van der Waals surface area contributed by atoms with Crippen LogP contribution in [0.1, 0.15) is 44.7 Å². The van der Waals surface area contributed by atoms with Crippen molar-refractivity contribution in [2.75, 3.05) is 7.11 Å². The number of methoxy groups -OCH3 is 1. The van der Waals surface area contributed by atoms with Crippen LogP contribution in [0.15, 0.2) is 6.20 Å². The maximum atomic E-state index is 6.29. The first-order valence-electron chi connectivity index (χ1n) is 6.26. The highest BCUT2D eigenvalue weighted by Gasteiger charge is 2.36. The van der Waals surface area contributed by atoms with Crippen molar-refractivity contribution in [3.8, 4) is 5.75 Å². The number of hydrogen-bond acceptors (Lipinski definition) is 3. The van der Waals surface area contributed by atoms with E-state index in [1.54, 1.807) is 13.3 Å². The Hall–Kier alpha value is -1.03. The Balaban J connectivity index is 2.33. The molecular weight excluding hydrogens is 214 g/mol. The van der Waals surface area contributed by atoms with Crippen molar-refractivity contribution in [3.05, 3.63) is 11.9 Å². The van der Waals surface area contributed by atoms with Crippen LogP contribution in [-0.4, -0.2) is 22.9 Å². The van der Waals surface area contributed by atoms with Gasteiger partial charge in [0.15, 0.2) is 5.75 Å². The van der Waals surface area contributed by atoms with E-state index in [4.69, 9.17) is 10.5 Å². The first-order chi connectivity index (χ1) is 7.94. The minimum absolute atomic E-state index is 0.215. The van der Waals surface area contributed by atoms with Crippen LogP contribution in [-0.2, 0) is 7.05 Å². The Morgan fingerprint density at radius 3 is 2.88 bits per heavy atom. The number of nitrogens with zero attached hydrogens (tertiary/aromatic N) is 2. The molecule has 2 N–H and O–H groups in total. The molecule has 4 heteroatoms. The summed E-state index contributed by atoms with van der Waals surface area (Å²) < 4.78 is 7.30. The molecule has 2 rings (SSSR count). The molecule has 1 fully saturated rings. The Morgan fingerprint density at radius 2 is 2.24 bits per heavy atom. The molecule has 0 aliphatic heterocycles. The fraction of sp³-hybridized carbons (Fsp3) is 0.769. The van der Waals surface area contributed by atoms with Gasteiger partial charge in [0.2, 0.25) is 0 Å². The Bertz CT molecular complexity index is 397. The second-order valence-corrected chi connectivity index (χ2v) is 5.90. The number of aromatic nitrogens is 2. The van der Waals surface area contributed by atoms with Gasteiger partial charge in [-0.2, -0.15) is 5.10 Å². The Morgan fingerprint density at radius 1 is 1.53 bits per heavy atom. The second kappa shape index (κ2) is 4.33. The molecule has 1 saturated carbocycles. The summed E-state index contributed by atoms with van der Waals surface area (Å²) in [6.45, 7) is 4.63. The zero-order valence-electron chi connectivity index (χ0n) is 11.2. The quantitative estimate of drug-likeness (QED) is 0.856. The highest BCUT2D eigenvalue weighted by Crippen LogP contribution is 2.44. The van der Waals surface area contributed by atoms with E-state index in [0.717, 1.165) is 24.3 Å². The Labute approximate surface area is 103 Å². The molecule has 0 saturated heterocycles. The van der Waals surface area contributed by atoms with Crippen molar-refractivity contribution in [2.45, 2.75) is 45.1 Å². The molecule has 1 aliphatic carbocycles. The van der Waals surface area contributed by atoms with E-state index in [1.807, 2.05) is 11.7 Å². The van der Waals surface area contributed by atoms with E-state index in [1.165, 1.54) is 6.42 Å². The van der Waals surface area contributed by atoms with E-state index in [-0.39, 0.29) is 6.04 Å². The van der Waals surface area contributed by atoms with E-state index in [9.17, 15) is 0 Å². The lowest BCUT2D eigenvalue weighted by atomic mass is 9.69. The molecule has 0 bridgehead atoms. The van der Waals surface area contributed by atoms with Crippen LogP contribution in [0, 0.1) is 5.41 Å². The third kappa shape index (κ3) is 2.32. The van der Waals surface area contributed by atoms with Gasteiger partial charge in [0.05, 0.1) is 19.0 Å². The predicted octanol–water partition coefficient (Wildman–Crippen LogP) is 2.05. The highest BCUT2D eigenvalue weighted by molar-refractivity contribution is 5.30. The number of hydrogen-bond donors (Lipinski definition) is 1. The standard InChI is InChI=1S/C13H23N3O/c1-13(2)6-5-10(14)9(7-13)12-11(17-4)8-15-16(12)3/h8-10H,5-7,14H2,1-4H3. The summed E-state index contributed by atoms with van der Waals surface area (Å²) in [5, 5.41) is 4.28. The fourth-order valence-corrected chi connectivity index (χ4v) is 2.91. The first kappa shape index (κ1) is 12.4. The van der Waals surface area contributed by atoms with Gasteiger partial charge in [0.25, 0.3) is 0 Å². The molecule has 0 amide bonds. The van der Waals surface area contributed by atoms with Crippen LogP contribution in [0.4, 0.5) is 0 Å². The second-order valence-electron chi connectivity index (χ2n) is 5.90. The van der Waals surface area contributed by atoms with Gasteiger partial charge in [-0.3, -0.25) is 4.68 Å². The van der Waals surface area contributed by atoms with Crippen molar-refractivity contribution >= 4 is 0 Å². The normalized spacial score (nSPS) is 28.1. The van der Waals surface area contributed by atoms with E-state index in [2.05, 4.69) is 18.9 Å². The van der Waals surface area contributed by atoms with Crippen LogP contribution in [0.25, 0.3) is 0 Å². The third-order valence-electron chi connectivity index (χ3n) is 3.96. The van der Waals surface area contributed by atoms with Crippen molar-refractivity contribution in [1.29, 1.82) is 0 Å². The number of nitrogens with two attached hydrogens (primary N) is 1. The SMILES string of the molecule is COc1cnn(C)c1C1CC(C)(C)CCC1N. The molecule has 0 spiro atoms. The topological polar surface area (TPSA) is 53.1 Å². The van der Waals surface area contributed by atoms with E-state index >= 15 is 0 Å². The van der Waals surface area contributed by atoms with Crippen molar-refractivity contribution in [3.63, 3.8) is 0 Å². The van der Waals surface area contributed by atoms with Crippen LogP contribution < -0.4 is 10.5 Å².